The highest BCUT2D eigenvalue weighted by Gasteiger charge is 2.15. The molecule has 0 saturated heterocycles. The third-order valence-corrected chi connectivity index (χ3v) is 5.01. The van der Waals surface area contributed by atoms with Crippen LogP contribution in [-0.4, -0.2) is 33.7 Å². The molecular formula is C23H24N4O3. The second kappa shape index (κ2) is 8.02. The molecule has 2 heterocycles. The van der Waals surface area contributed by atoms with E-state index in [1.807, 2.05) is 44.2 Å². The maximum absolute atomic E-state index is 13.2. The van der Waals surface area contributed by atoms with E-state index >= 15 is 0 Å². The molecule has 0 bridgehead atoms. The highest BCUT2D eigenvalue weighted by Crippen LogP contribution is 2.19. The van der Waals surface area contributed by atoms with Gasteiger partial charge in [0.15, 0.2) is 0 Å². The highest BCUT2D eigenvalue weighted by molar-refractivity contribution is 5.97. The van der Waals surface area contributed by atoms with Crippen LogP contribution in [-0.2, 0) is 6.54 Å². The lowest BCUT2D eigenvalue weighted by Gasteiger charge is -2.14. The largest absolute Gasteiger partial charge is 0.497 e. The minimum absolute atomic E-state index is 0.161. The van der Waals surface area contributed by atoms with Crippen LogP contribution in [0.15, 0.2) is 59.5 Å². The summed E-state index contributed by atoms with van der Waals surface area (Å²) in [6.07, 6.45) is 1.61. The molecule has 0 aliphatic carbocycles. The van der Waals surface area contributed by atoms with Crippen LogP contribution in [0, 0.1) is 5.92 Å². The fourth-order valence-corrected chi connectivity index (χ4v) is 3.47. The summed E-state index contributed by atoms with van der Waals surface area (Å²) in [6, 6.07) is 14.7. The van der Waals surface area contributed by atoms with Crippen molar-refractivity contribution in [1.82, 2.24) is 19.5 Å². The molecular weight excluding hydrogens is 380 g/mol. The molecule has 2 aromatic carbocycles. The van der Waals surface area contributed by atoms with Gasteiger partial charge in [-0.15, -0.1) is 0 Å². The lowest BCUT2D eigenvalue weighted by Crippen LogP contribution is -2.28. The second-order valence-corrected chi connectivity index (χ2v) is 7.68. The van der Waals surface area contributed by atoms with E-state index in [2.05, 4.69) is 10.4 Å². The van der Waals surface area contributed by atoms with Gasteiger partial charge in [0.25, 0.3) is 11.5 Å². The van der Waals surface area contributed by atoms with Gasteiger partial charge in [-0.2, -0.15) is 5.10 Å². The van der Waals surface area contributed by atoms with Crippen LogP contribution in [0.2, 0.25) is 0 Å². The first-order chi connectivity index (χ1) is 14.5. The molecule has 0 saturated carbocycles. The molecule has 154 valence electrons. The number of hydrogen-bond acceptors (Lipinski definition) is 4. The molecule has 4 rings (SSSR count). The van der Waals surface area contributed by atoms with Crippen molar-refractivity contribution in [2.75, 3.05) is 13.7 Å². The Kier molecular flexibility index (Phi) is 5.27. The van der Waals surface area contributed by atoms with Gasteiger partial charge in [-0.3, -0.25) is 9.59 Å². The van der Waals surface area contributed by atoms with Crippen LogP contribution in [0.1, 0.15) is 29.8 Å². The third kappa shape index (κ3) is 3.66. The predicted molar refractivity (Wildman–Crippen MR) is 116 cm³/mol. The predicted octanol–water partition coefficient (Wildman–Crippen LogP) is 3.09. The average molecular weight is 404 g/mol. The molecule has 2 aromatic heterocycles. The zero-order valence-corrected chi connectivity index (χ0v) is 17.3. The number of ether oxygens (including phenoxy) is 1. The first kappa shape index (κ1) is 19.7. The van der Waals surface area contributed by atoms with Gasteiger partial charge in [-0.25, -0.2) is 4.52 Å². The molecule has 4 aromatic rings. The van der Waals surface area contributed by atoms with Crippen molar-refractivity contribution in [1.29, 1.82) is 0 Å². The summed E-state index contributed by atoms with van der Waals surface area (Å²) in [5.41, 5.74) is 3.17. The lowest BCUT2D eigenvalue weighted by molar-refractivity contribution is 0.0949. The number of carbonyl (C=O) groups is 1. The molecule has 0 unspecified atom stereocenters. The topological polar surface area (TPSA) is 77.6 Å². The molecule has 1 amide bonds. The molecule has 0 radical (unpaired) electrons. The summed E-state index contributed by atoms with van der Waals surface area (Å²) in [4.78, 5) is 25.8. The fourth-order valence-electron chi connectivity index (χ4n) is 3.47. The van der Waals surface area contributed by atoms with Crippen molar-refractivity contribution in [2.24, 2.45) is 5.92 Å². The van der Waals surface area contributed by atoms with Gasteiger partial charge >= 0.3 is 0 Å². The Morgan fingerprint density at radius 2 is 1.93 bits per heavy atom. The van der Waals surface area contributed by atoms with Crippen LogP contribution < -0.4 is 15.6 Å². The monoisotopic (exact) mass is 404 g/mol. The van der Waals surface area contributed by atoms with Gasteiger partial charge in [0.2, 0.25) is 0 Å². The molecule has 7 nitrogen and oxygen atoms in total. The maximum atomic E-state index is 13.2. The van der Waals surface area contributed by atoms with E-state index in [4.69, 9.17) is 4.74 Å². The minimum atomic E-state index is -0.164. The number of amides is 1. The summed E-state index contributed by atoms with van der Waals surface area (Å²) < 4.78 is 8.61. The summed E-state index contributed by atoms with van der Waals surface area (Å²) in [5.74, 6) is 0.917. The van der Waals surface area contributed by atoms with Crippen LogP contribution >= 0.6 is 0 Å². The lowest BCUT2D eigenvalue weighted by atomic mass is 10.1. The molecule has 0 aliphatic rings. The Bertz CT molecular complexity index is 1290. The van der Waals surface area contributed by atoms with Crippen molar-refractivity contribution in [3.63, 3.8) is 0 Å². The Hall–Kier alpha value is -3.61. The van der Waals surface area contributed by atoms with Crippen LogP contribution in [0.4, 0.5) is 0 Å². The van der Waals surface area contributed by atoms with Crippen molar-refractivity contribution in [2.45, 2.75) is 20.4 Å². The maximum Gasteiger partial charge on any atom is 0.277 e. The first-order valence-electron chi connectivity index (χ1n) is 9.89. The zero-order chi connectivity index (χ0) is 21.3. The molecule has 0 spiro atoms. The quantitative estimate of drug-likeness (QED) is 0.536. The zero-order valence-electron chi connectivity index (χ0n) is 17.3. The molecule has 1 N–H and O–H groups in total. The SMILES string of the molecule is COc1cccc(Cn2c(=O)c3ccnn3c3ccc(C(=O)NCC(C)C)cc32)c1. The van der Waals surface area contributed by atoms with Crippen molar-refractivity contribution >= 4 is 22.5 Å². The highest BCUT2D eigenvalue weighted by atomic mass is 16.5. The fraction of sp³-hybridized carbons (Fsp3) is 0.261. The van der Waals surface area contributed by atoms with E-state index in [0.29, 0.717) is 35.6 Å². The number of hydrogen-bond donors (Lipinski definition) is 1. The van der Waals surface area contributed by atoms with Gasteiger partial charge in [-0.05, 0) is 47.9 Å². The number of fused-ring (bicyclic) bond motifs is 3. The standard InChI is InChI=1S/C23H24N4O3/c1-15(2)13-24-22(28)17-7-8-19-21(12-17)26(23(29)20-9-10-25-27(19)20)14-16-5-4-6-18(11-16)30-3/h4-12,15H,13-14H2,1-3H3,(H,24,28). The smallest absolute Gasteiger partial charge is 0.277 e. The van der Waals surface area contributed by atoms with Crippen LogP contribution in [0.5, 0.6) is 5.75 Å². The van der Waals surface area contributed by atoms with Gasteiger partial charge in [0, 0.05) is 12.1 Å². The van der Waals surface area contributed by atoms with Gasteiger partial charge in [0.1, 0.15) is 11.3 Å². The minimum Gasteiger partial charge on any atom is -0.497 e. The molecule has 30 heavy (non-hydrogen) atoms. The number of aromatic nitrogens is 3. The summed E-state index contributed by atoms with van der Waals surface area (Å²) in [5, 5.41) is 7.23. The normalized spacial score (nSPS) is 11.3. The van der Waals surface area contributed by atoms with Crippen molar-refractivity contribution in [3.8, 4) is 5.75 Å². The first-order valence-corrected chi connectivity index (χ1v) is 9.89. The van der Waals surface area contributed by atoms with E-state index in [-0.39, 0.29) is 11.5 Å². The van der Waals surface area contributed by atoms with Crippen LogP contribution in [0.25, 0.3) is 16.6 Å². The van der Waals surface area contributed by atoms with Gasteiger partial charge < -0.3 is 14.6 Å². The van der Waals surface area contributed by atoms with Crippen LogP contribution in [0.3, 0.4) is 0 Å². The van der Waals surface area contributed by atoms with Crippen molar-refractivity contribution < 1.29 is 9.53 Å². The summed E-state index contributed by atoms with van der Waals surface area (Å²) >= 11 is 0. The third-order valence-electron chi connectivity index (χ3n) is 5.01. The summed E-state index contributed by atoms with van der Waals surface area (Å²) in [6.45, 7) is 5.03. The Balaban J connectivity index is 1.87. The van der Waals surface area contributed by atoms with E-state index < -0.39 is 0 Å². The Labute approximate surface area is 173 Å². The van der Waals surface area contributed by atoms with Gasteiger partial charge in [-0.1, -0.05) is 26.0 Å². The Morgan fingerprint density at radius 3 is 2.70 bits per heavy atom. The van der Waals surface area contributed by atoms with E-state index in [1.165, 1.54) is 0 Å². The van der Waals surface area contributed by atoms with E-state index in [0.717, 1.165) is 16.8 Å². The van der Waals surface area contributed by atoms with E-state index in [1.54, 1.807) is 40.6 Å². The van der Waals surface area contributed by atoms with Crippen molar-refractivity contribution in [3.05, 3.63) is 76.2 Å². The molecule has 0 aliphatic heterocycles. The number of carbonyl (C=O) groups excluding carboxylic acids is 1. The number of nitrogens with zero attached hydrogens (tertiary/aromatic N) is 3. The Morgan fingerprint density at radius 1 is 1.10 bits per heavy atom. The number of methoxy groups -OCH3 is 1. The number of rotatable bonds is 6. The molecule has 0 atom stereocenters. The number of nitrogens with one attached hydrogen (secondary N) is 1. The average Bonchev–Trinajstić information content (AvgIpc) is 3.25. The second-order valence-electron chi connectivity index (χ2n) is 7.68. The molecule has 0 fully saturated rings. The van der Waals surface area contributed by atoms with E-state index in [9.17, 15) is 9.59 Å². The number of benzene rings is 2. The molecule has 7 heteroatoms. The summed E-state index contributed by atoms with van der Waals surface area (Å²) in [7, 11) is 1.61. The van der Waals surface area contributed by atoms with Gasteiger partial charge in [0.05, 0.1) is 30.9 Å².